The fraction of sp³-hybridized carbons (Fsp3) is 1.00. The summed E-state index contributed by atoms with van der Waals surface area (Å²) in [6.45, 7) is 3.76. The average Bonchev–Trinajstić information content (AvgIpc) is 3.45. The van der Waals surface area contributed by atoms with E-state index in [2.05, 4.69) is 0 Å². The number of rotatable bonds is 73. The van der Waals surface area contributed by atoms with Crippen LogP contribution in [0.25, 0.3) is 0 Å². The highest BCUT2D eigenvalue weighted by Crippen LogP contribution is 2.29. The molecule has 4 nitrogen and oxygen atoms in total. The summed E-state index contributed by atoms with van der Waals surface area (Å²) in [5.74, 6) is 1.99. The molecule has 0 atom stereocenters. The average molecular weight is 1100 g/mol. The van der Waals surface area contributed by atoms with Crippen molar-refractivity contribution in [2.75, 3.05) is 54.9 Å². The monoisotopic (exact) mass is 1100 g/mol. The lowest BCUT2D eigenvalue weighted by molar-refractivity contribution is 0.192. The first-order valence-corrected chi connectivity index (χ1v) is 36.7. The molecule has 0 aliphatic rings. The summed E-state index contributed by atoms with van der Waals surface area (Å²) < 4.78 is 20.8. The molecule has 0 aromatic rings. The minimum Gasteiger partial charge on any atom is -0.385 e. The highest BCUT2D eigenvalue weighted by Gasteiger charge is 2.13. The molecule has 0 fully saturated rings. The summed E-state index contributed by atoms with van der Waals surface area (Å²) >= 11 is 0. The largest absolute Gasteiger partial charge is 0.385 e. The molecule has 0 aromatic carbocycles. The molecule has 0 spiro atoms. The lowest BCUT2D eigenvalue weighted by Crippen LogP contribution is -2.04. The van der Waals surface area contributed by atoms with E-state index in [9.17, 15) is 0 Å². The van der Waals surface area contributed by atoms with E-state index in [-0.39, 0.29) is 0 Å². The molecule has 0 heterocycles. The fourth-order valence-electron chi connectivity index (χ4n) is 12.9. The van der Waals surface area contributed by atoms with Crippen LogP contribution in [0.4, 0.5) is 0 Å². The molecule has 0 aromatic heterocycles. The Balaban J connectivity index is 4.75. The molecule has 0 N–H and O–H groups in total. The third kappa shape index (κ3) is 68.3. The van der Waals surface area contributed by atoms with Crippen LogP contribution in [-0.2, 0) is 18.9 Å². The smallest absolute Gasteiger partial charge is 0.0462 e. The minimum atomic E-state index is 0.940. The van der Waals surface area contributed by atoms with Crippen LogP contribution in [0, 0.1) is 11.8 Å². The zero-order valence-corrected chi connectivity index (χ0v) is 54.9. The molecular weight excluding hydrogens is 953 g/mol. The van der Waals surface area contributed by atoms with Gasteiger partial charge in [-0.1, -0.05) is 385 Å². The zero-order valence-electron chi connectivity index (χ0n) is 54.9. The molecular formula is C74H150O4. The first kappa shape index (κ1) is 77.8. The Hall–Kier alpha value is -0.160. The van der Waals surface area contributed by atoms with Crippen LogP contribution in [0.5, 0.6) is 0 Å². The predicted molar refractivity (Wildman–Crippen MR) is 350 cm³/mol. The maximum atomic E-state index is 5.20. The Bertz CT molecular complexity index is 853. The molecule has 0 bridgehead atoms. The SMILES string of the molecule is COCCCCCCCCCCCCCCCCC(CCCCCCCCCCCCCCCCOC)CCCCC(CCCCCCCCCCCCCCCCOC)CCCCCCCCCCCCCCCCOC. The van der Waals surface area contributed by atoms with E-state index in [1.165, 1.54) is 411 Å². The molecule has 470 valence electrons. The molecule has 78 heavy (non-hydrogen) atoms. The van der Waals surface area contributed by atoms with E-state index in [1.54, 1.807) is 0 Å². The third-order valence-electron chi connectivity index (χ3n) is 18.3. The van der Waals surface area contributed by atoms with Gasteiger partial charge in [-0.3, -0.25) is 0 Å². The summed E-state index contributed by atoms with van der Waals surface area (Å²) in [4.78, 5) is 0. The first-order valence-electron chi connectivity index (χ1n) is 36.7. The maximum absolute atomic E-state index is 5.20. The quantitative estimate of drug-likeness (QED) is 0.0569. The lowest BCUT2D eigenvalue weighted by atomic mass is 9.86. The molecule has 0 rings (SSSR count). The summed E-state index contributed by atoms with van der Waals surface area (Å²) in [6.07, 6.45) is 92.8. The molecule has 0 saturated heterocycles. The van der Waals surface area contributed by atoms with Crippen LogP contribution in [-0.4, -0.2) is 54.9 Å². The Kier molecular flexibility index (Phi) is 72.8. The maximum Gasteiger partial charge on any atom is 0.0462 e. The molecule has 0 amide bonds. The Labute approximate surface area is 494 Å². The number of unbranched alkanes of at least 4 members (excludes halogenated alkanes) is 53. The van der Waals surface area contributed by atoms with Crippen molar-refractivity contribution in [3.8, 4) is 0 Å². The lowest BCUT2D eigenvalue weighted by Gasteiger charge is -2.20. The third-order valence-corrected chi connectivity index (χ3v) is 18.3. The normalized spacial score (nSPS) is 11.9. The van der Waals surface area contributed by atoms with Crippen molar-refractivity contribution in [2.45, 2.75) is 411 Å². The van der Waals surface area contributed by atoms with Crippen LogP contribution >= 0.6 is 0 Å². The molecule has 0 unspecified atom stereocenters. The number of hydrogen-bond acceptors (Lipinski definition) is 4. The van der Waals surface area contributed by atoms with E-state index < -0.39 is 0 Å². The van der Waals surface area contributed by atoms with Gasteiger partial charge in [0.15, 0.2) is 0 Å². The van der Waals surface area contributed by atoms with Crippen molar-refractivity contribution in [2.24, 2.45) is 11.8 Å². The predicted octanol–water partition coefficient (Wildman–Crippen LogP) is 25.8. The number of ether oxygens (including phenoxy) is 4. The summed E-state index contributed by atoms with van der Waals surface area (Å²) in [5.41, 5.74) is 0. The van der Waals surface area contributed by atoms with E-state index in [1.807, 2.05) is 28.4 Å². The minimum absolute atomic E-state index is 0.940. The highest BCUT2D eigenvalue weighted by molar-refractivity contribution is 4.66. The summed E-state index contributed by atoms with van der Waals surface area (Å²) in [5, 5.41) is 0. The van der Waals surface area contributed by atoms with Gasteiger partial charge in [0.2, 0.25) is 0 Å². The van der Waals surface area contributed by atoms with Crippen molar-refractivity contribution in [3.63, 3.8) is 0 Å². The van der Waals surface area contributed by atoms with Gasteiger partial charge < -0.3 is 18.9 Å². The second kappa shape index (κ2) is 72.9. The van der Waals surface area contributed by atoms with Crippen molar-refractivity contribution >= 4 is 0 Å². The van der Waals surface area contributed by atoms with Gasteiger partial charge in [-0.15, -0.1) is 0 Å². The van der Waals surface area contributed by atoms with Crippen molar-refractivity contribution in [1.29, 1.82) is 0 Å². The molecule has 0 saturated carbocycles. The van der Waals surface area contributed by atoms with Gasteiger partial charge in [-0.05, 0) is 37.5 Å². The van der Waals surface area contributed by atoms with E-state index in [0.717, 1.165) is 38.3 Å². The first-order chi connectivity index (χ1) is 38.8. The van der Waals surface area contributed by atoms with E-state index in [4.69, 9.17) is 18.9 Å². The van der Waals surface area contributed by atoms with Crippen LogP contribution in [0.1, 0.15) is 411 Å². The van der Waals surface area contributed by atoms with Crippen molar-refractivity contribution in [3.05, 3.63) is 0 Å². The van der Waals surface area contributed by atoms with Gasteiger partial charge in [0.1, 0.15) is 0 Å². The van der Waals surface area contributed by atoms with Crippen molar-refractivity contribution < 1.29 is 18.9 Å². The fourth-order valence-corrected chi connectivity index (χ4v) is 12.9. The van der Waals surface area contributed by atoms with Gasteiger partial charge in [-0.25, -0.2) is 0 Å². The number of methoxy groups -OCH3 is 4. The molecule has 0 radical (unpaired) electrons. The van der Waals surface area contributed by atoms with Crippen LogP contribution in [0.2, 0.25) is 0 Å². The standard InChI is InChI=1S/C74H150O4/c1-75-69-59-49-41-33-25-17-9-5-13-21-29-37-45-53-63-73(64-54-46-38-30-22-14-6-10-18-26-34-42-50-60-70-76-2)67-57-58-68-74(65-55-47-39-31-23-15-7-11-19-27-35-43-51-61-71-77-3)66-56-48-40-32-24-16-8-12-20-28-36-44-52-62-72-78-4/h73-74H,5-72H2,1-4H3. The molecule has 4 heteroatoms. The Morgan fingerprint density at radius 3 is 0.333 bits per heavy atom. The van der Waals surface area contributed by atoms with E-state index >= 15 is 0 Å². The van der Waals surface area contributed by atoms with Gasteiger partial charge >= 0.3 is 0 Å². The molecule has 0 aliphatic heterocycles. The summed E-state index contributed by atoms with van der Waals surface area (Å²) in [7, 11) is 7.31. The second-order valence-corrected chi connectivity index (χ2v) is 25.9. The van der Waals surface area contributed by atoms with Crippen LogP contribution in [0.3, 0.4) is 0 Å². The Morgan fingerprint density at radius 2 is 0.218 bits per heavy atom. The highest BCUT2D eigenvalue weighted by atomic mass is 16.5. The topological polar surface area (TPSA) is 36.9 Å². The second-order valence-electron chi connectivity index (χ2n) is 25.9. The van der Waals surface area contributed by atoms with Gasteiger partial charge in [0.25, 0.3) is 0 Å². The molecule has 0 aliphatic carbocycles. The van der Waals surface area contributed by atoms with Gasteiger partial charge in [0.05, 0.1) is 0 Å². The van der Waals surface area contributed by atoms with Gasteiger partial charge in [0, 0.05) is 54.9 Å². The van der Waals surface area contributed by atoms with Crippen LogP contribution < -0.4 is 0 Å². The number of hydrogen-bond donors (Lipinski definition) is 0. The van der Waals surface area contributed by atoms with Crippen LogP contribution in [0.15, 0.2) is 0 Å². The van der Waals surface area contributed by atoms with E-state index in [0.29, 0.717) is 0 Å². The Morgan fingerprint density at radius 1 is 0.128 bits per heavy atom. The van der Waals surface area contributed by atoms with Gasteiger partial charge in [-0.2, -0.15) is 0 Å². The van der Waals surface area contributed by atoms with Crippen molar-refractivity contribution in [1.82, 2.24) is 0 Å². The zero-order chi connectivity index (χ0) is 56.1. The summed E-state index contributed by atoms with van der Waals surface area (Å²) in [6, 6.07) is 0.